The number of pyridine rings is 1. The van der Waals surface area contributed by atoms with Gasteiger partial charge in [0.25, 0.3) is 5.91 Å². The van der Waals surface area contributed by atoms with Crippen molar-refractivity contribution in [3.8, 4) is 0 Å². The lowest BCUT2D eigenvalue weighted by Crippen LogP contribution is -2.15. The van der Waals surface area contributed by atoms with Gasteiger partial charge in [-0.3, -0.25) is 9.78 Å². The topological polar surface area (TPSA) is 67.8 Å². The van der Waals surface area contributed by atoms with Gasteiger partial charge in [0.2, 0.25) is 0 Å². The molecule has 98 valence electrons. The molecule has 0 fully saturated rings. The van der Waals surface area contributed by atoms with Gasteiger partial charge in [0.05, 0.1) is 17.2 Å². The molecule has 1 aromatic carbocycles. The summed E-state index contributed by atoms with van der Waals surface area (Å²) in [7, 11) is 0. The first-order valence-electron chi connectivity index (χ1n) is 5.88. The van der Waals surface area contributed by atoms with E-state index in [1.807, 2.05) is 18.2 Å². The van der Waals surface area contributed by atoms with E-state index in [4.69, 9.17) is 11.6 Å². The fraction of sp³-hybridized carbons (Fsp3) is 0. The molecule has 1 amide bonds. The van der Waals surface area contributed by atoms with Crippen LogP contribution in [0.25, 0.3) is 11.0 Å². The molecule has 0 aliphatic carbocycles. The Morgan fingerprint density at radius 3 is 2.60 bits per heavy atom. The molecule has 3 rings (SSSR count). The van der Waals surface area contributed by atoms with Gasteiger partial charge in [-0.15, -0.1) is 0 Å². The van der Waals surface area contributed by atoms with Gasteiger partial charge in [-0.25, -0.2) is 9.97 Å². The third kappa shape index (κ3) is 2.57. The van der Waals surface area contributed by atoms with Crippen molar-refractivity contribution < 1.29 is 4.79 Å². The van der Waals surface area contributed by atoms with Crippen molar-refractivity contribution in [2.45, 2.75) is 0 Å². The SMILES string of the molecule is O=C(Nc1cccc(Cl)n1)c1cnc2ccccc2n1. The van der Waals surface area contributed by atoms with Crippen LogP contribution in [0.3, 0.4) is 0 Å². The van der Waals surface area contributed by atoms with Gasteiger partial charge in [-0.2, -0.15) is 0 Å². The highest BCUT2D eigenvalue weighted by Crippen LogP contribution is 2.12. The lowest BCUT2D eigenvalue weighted by atomic mass is 10.3. The number of rotatable bonds is 2. The summed E-state index contributed by atoms with van der Waals surface area (Å²) in [5, 5.41) is 2.94. The fourth-order valence-corrected chi connectivity index (χ4v) is 1.89. The number of hydrogen-bond acceptors (Lipinski definition) is 4. The van der Waals surface area contributed by atoms with E-state index in [9.17, 15) is 4.79 Å². The largest absolute Gasteiger partial charge is 0.305 e. The van der Waals surface area contributed by atoms with E-state index in [-0.39, 0.29) is 11.6 Å². The molecule has 6 heteroatoms. The molecule has 0 spiro atoms. The Kier molecular flexibility index (Phi) is 3.26. The number of fused-ring (bicyclic) bond motifs is 1. The molecular weight excluding hydrogens is 276 g/mol. The van der Waals surface area contributed by atoms with Gasteiger partial charge in [-0.05, 0) is 24.3 Å². The van der Waals surface area contributed by atoms with Crippen LogP contribution in [0.15, 0.2) is 48.7 Å². The van der Waals surface area contributed by atoms with Crippen molar-refractivity contribution in [2.24, 2.45) is 0 Å². The molecule has 5 nitrogen and oxygen atoms in total. The maximum atomic E-state index is 12.1. The Morgan fingerprint density at radius 1 is 1.00 bits per heavy atom. The summed E-state index contributed by atoms with van der Waals surface area (Å²) in [6, 6.07) is 12.3. The molecule has 0 atom stereocenters. The van der Waals surface area contributed by atoms with Crippen LogP contribution in [-0.4, -0.2) is 20.9 Å². The van der Waals surface area contributed by atoms with Crippen LogP contribution in [0.4, 0.5) is 5.82 Å². The molecule has 0 bridgehead atoms. The fourth-order valence-electron chi connectivity index (χ4n) is 1.72. The molecule has 0 saturated carbocycles. The second-order valence-corrected chi connectivity index (χ2v) is 4.43. The molecule has 0 aliphatic rings. The standard InChI is InChI=1S/C14H9ClN4O/c15-12-6-3-7-13(18-12)19-14(20)11-8-16-9-4-1-2-5-10(9)17-11/h1-8H,(H,18,19,20). The van der Waals surface area contributed by atoms with E-state index < -0.39 is 0 Å². The van der Waals surface area contributed by atoms with Crippen molar-refractivity contribution in [2.75, 3.05) is 5.32 Å². The van der Waals surface area contributed by atoms with Crippen LogP contribution in [0, 0.1) is 0 Å². The molecule has 2 aromatic heterocycles. The lowest BCUT2D eigenvalue weighted by Gasteiger charge is -2.04. The number of benzene rings is 1. The first kappa shape index (κ1) is 12.5. The van der Waals surface area contributed by atoms with Gasteiger partial charge in [-0.1, -0.05) is 29.8 Å². The van der Waals surface area contributed by atoms with Crippen LogP contribution < -0.4 is 5.32 Å². The van der Waals surface area contributed by atoms with Crippen LogP contribution in [0.2, 0.25) is 5.15 Å². The molecule has 0 aliphatic heterocycles. The number of aromatic nitrogens is 3. The van der Waals surface area contributed by atoms with Gasteiger partial charge in [0.15, 0.2) is 0 Å². The predicted octanol–water partition coefficient (Wildman–Crippen LogP) is 2.93. The Bertz CT molecular complexity index is 791. The van der Waals surface area contributed by atoms with Gasteiger partial charge < -0.3 is 5.32 Å². The molecule has 0 radical (unpaired) electrons. The number of nitrogens with zero attached hydrogens (tertiary/aromatic N) is 3. The summed E-state index contributed by atoms with van der Waals surface area (Å²) < 4.78 is 0. The zero-order valence-electron chi connectivity index (χ0n) is 10.2. The number of anilines is 1. The van der Waals surface area contributed by atoms with Crippen molar-refractivity contribution >= 4 is 34.4 Å². The Labute approximate surface area is 119 Å². The zero-order chi connectivity index (χ0) is 13.9. The van der Waals surface area contributed by atoms with E-state index in [1.54, 1.807) is 24.3 Å². The van der Waals surface area contributed by atoms with E-state index in [1.165, 1.54) is 6.20 Å². The highest BCUT2D eigenvalue weighted by atomic mass is 35.5. The molecule has 20 heavy (non-hydrogen) atoms. The predicted molar refractivity (Wildman–Crippen MR) is 76.7 cm³/mol. The number of hydrogen-bond donors (Lipinski definition) is 1. The van der Waals surface area contributed by atoms with Crippen LogP contribution in [0.1, 0.15) is 10.5 Å². The lowest BCUT2D eigenvalue weighted by molar-refractivity contribution is 0.102. The zero-order valence-corrected chi connectivity index (χ0v) is 11.0. The number of carbonyl (C=O) groups is 1. The third-order valence-electron chi connectivity index (χ3n) is 2.64. The highest BCUT2D eigenvalue weighted by molar-refractivity contribution is 6.29. The summed E-state index contributed by atoms with van der Waals surface area (Å²) in [6.45, 7) is 0. The number of amides is 1. The van der Waals surface area contributed by atoms with E-state index in [0.717, 1.165) is 5.52 Å². The molecule has 3 aromatic rings. The average Bonchev–Trinajstić information content (AvgIpc) is 2.47. The second kappa shape index (κ2) is 5.22. The molecular formula is C14H9ClN4O. The number of para-hydroxylation sites is 2. The minimum atomic E-state index is -0.377. The summed E-state index contributed by atoms with van der Waals surface area (Å²) >= 11 is 5.76. The first-order chi connectivity index (χ1) is 9.72. The van der Waals surface area contributed by atoms with Gasteiger partial charge in [0.1, 0.15) is 16.7 Å². The summed E-state index contributed by atoms with van der Waals surface area (Å²) in [4.78, 5) is 24.5. The summed E-state index contributed by atoms with van der Waals surface area (Å²) in [5.74, 6) is -0.00419. The monoisotopic (exact) mass is 284 g/mol. The summed E-state index contributed by atoms with van der Waals surface area (Å²) in [6.07, 6.45) is 1.43. The second-order valence-electron chi connectivity index (χ2n) is 4.04. The van der Waals surface area contributed by atoms with Crippen LogP contribution in [0.5, 0.6) is 0 Å². The number of halogens is 1. The third-order valence-corrected chi connectivity index (χ3v) is 2.85. The minimum absolute atomic E-state index is 0.227. The quantitative estimate of drug-likeness (QED) is 0.735. The highest BCUT2D eigenvalue weighted by Gasteiger charge is 2.10. The van der Waals surface area contributed by atoms with Crippen LogP contribution in [-0.2, 0) is 0 Å². The molecule has 0 unspecified atom stereocenters. The average molecular weight is 285 g/mol. The van der Waals surface area contributed by atoms with Crippen molar-refractivity contribution in [3.05, 3.63) is 59.5 Å². The Balaban J connectivity index is 1.88. The van der Waals surface area contributed by atoms with Crippen molar-refractivity contribution in [1.82, 2.24) is 15.0 Å². The van der Waals surface area contributed by atoms with Gasteiger partial charge >= 0.3 is 0 Å². The van der Waals surface area contributed by atoms with E-state index in [2.05, 4.69) is 20.3 Å². The molecule has 0 saturated heterocycles. The van der Waals surface area contributed by atoms with Crippen molar-refractivity contribution in [1.29, 1.82) is 0 Å². The number of nitrogens with one attached hydrogen (secondary N) is 1. The smallest absolute Gasteiger partial charge is 0.277 e. The number of carbonyl (C=O) groups excluding carboxylic acids is 1. The molecule has 1 N–H and O–H groups in total. The maximum absolute atomic E-state index is 12.1. The van der Waals surface area contributed by atoms with Crippen molar-refractivity contribution in [3.63, 3.8) is 0 Å². The first-order valence-corrected chi connectivity index (χ1v) is 6.26. The van der Waals surface area contributed by atoms with E-state index >= 15 is 0 Å². The van der Waals surface area contributed by atoms with Crippen LogP contribution >= 0.6 is 11.6 Å². The Morgan fingerprint density at radius 2 is 1.80 bits per heavy atom. The normalized spacial score (nSPS) is 10.4. The molecule has 2 heterocycles. The van der Waals surface area contributed by atoms with Gasteiger partial charge in [0, 0.05) is 0 Å². The minimum Gasteiger partial charge on any atom is -0.305 e. The van der Waals surface area contributed by atoms with E-state index in [0.29, 0.717) is 16.5 Å². The summed E-state index contributed by atoms with van der Waals surface area (Å²) in [5.41, 5.74) is 1.63. The Hall–Kier alpha value is -2.53. The maximum Gasteiger partial charge on any atom is 0.277 e.